The van der Waals surface area contributed by atoms with E-state index in [2.05, 4.69) is 29.5 Å². The minimum absolute atomic E-state index is 0.192. The zero-order valence-electron chi connectivity index (χ0n) is 20.8. The molecule has 182 valence electrons. The van der Waals surface area contributed by atoms with Crippen LogP contribution in [-0.2, 0) is 0 Å². The molecule has 3 N–H and O–H groups in total. The van der Waals surface area contributed by atoms with Gasteiger partial charge in [0.25, 0.3) is 5.91 Å². The molecule has 0 bridgehead atoms. The number of aryl methyl sites for hydroxylation is 1. The summed E-state index contributed by atoms with van der Waals surface area (Å²) >= 11 is 0. The van der Waals surface area contributed by atoms with Gasteiger partial charge in [0.15, 0.2) is 5.82 Å². The molecule has 2 atom stereocenters. The summed E-state index contributed by atoms with van der Waals surface area (Å²) in [6, 6.07) is 11.2. The van der Waals surface area contributed by atoms with E-state index >= 15 is 0 Å². The van der Waals surface area contributed by atoms with Gasteiger partial charge >= 0.3 is 0 Å². The molecule has 0 aliphatic carbocycles. The molecule has 0 spiro atoms. The summed E-state index contributed by atoms with van der Waals surface area (Å²) in [6.45, 7) is 9.77. The lowest BCUT2D eigenvalue weighted by atomic mass is 10.0. The van der Waals surface area contributed by atoms with Crippen LogP contribution in [0.2, 0.25) is 0 Å². The van der Waals surface area contributed by atoms with E-state index in [0.717, 1.165) is 48.4 Å². The highest BCUT2D eigenvalue weighted by Gasteiger charge is 2.27. The second-order valence-electron chi connectivity index (χ2n) is 9.18. The molecule has 3 heterocycles. The fourth-order valence-electron chi connectivity index (χ4n) is 4.08. The van der Waals surface area contributed by atoms with Crippen LogP contribution in [0.1, 0.15) is 61.1 Å². The SMILES string of the molecule is CCC(C)C=Nc1c(C(C)=N)c(-c2ccc(C(=O)Nc3cc(C)ccn3)cc2)nn1C1CCNC1. The van der Waals surface area contributed by atoms with Gasteiger partial charge in [0.1, 0.15) is 11.5 Å². The molecule has 3 aromatic rings. The molecule has 2 aromatic heterocycles. The van der Waals surface area contributed by atoms with E-state index in [4.69, 9.17) is 15.5 Å². The molecule has 35 heavy (non-hydrogen) atoms. The molecule has 1 saturated heterocycles. The van der Waals surface area contributed by atoms with Crippen LogP contribution in [0, 0.1) is 18.3 Å². The number of amides is 1. The van der Waals surface area contributed by atoms with Crippen molar-refractivity contribution in [2.24, 2.45) is 10.9 Å². The quantitative estimate of drug-likeness (QED) is 0.394. The van der Waals surface area contributed by atoms with Crippen LogP contribution >= 0.6 is 0 Å². The van der Waals surface area contributed by atoms with Gasteiger partial charge in [0.05, 0.1) is 11.6 Å². The second-order valence-corrected chi connectivity index (χ2v) is 9.18. The van der Waals surface area contributed by atoms with E-state index in [1.165, 1.54) is 0 Å². The molecule has 1 aliphatic rings. The van der Waals surface area contributed by atoms with Gasteiger partial charge in [-0.2, -0.15) is 5.10 Å². The van der Waals surface area contributed by atoms with E-state index in [-0.39, 0.29) is 11.9 Å². The van der Waals surface area contributed by atoms with Gasteiger partial charge in [0.2, 0.25) is 0 Å². The number of aromatic nitrogens is 3. The molecular weight excluding hydrogens is 438 g/mol. The highest BCUT2D eigenvalue weighted by atomic mass is 16.1. The van der Waals surface area contributed by atoms with E-state index in [1.54, 1.807) is 25.3 Å². The first-order chi connectivity index (χ1) is 16.9. The van der Waals surface area contributed by atoms with Gasteiger partial charge in [-0.05, 0) is 69.0 Å². The van der Waals surface area contributed by atoms with Crippen LogP contribution in [0.25, 0.3) is 11.3 Å². The van der Waals surface area contributed by atoms with Gasteiger partial charge < -0.3 is 16.0 Å². The molecule has 0 radical (unpaired) electrons. The van der Waals surface area contributed by atoms with Crippen LogP contribution in [0.5, 0.6) is 0 Å². The number of carbonyl (C=O) groups excluding carboxylic acids is 1. The van der Waals surface area contributed by atoms with Gasteiger partial charge in [0, 0.05) is 35.8 Å². The van der Waals surface area contributed by atoms with Gasteiger partial charge in [-0.15, -0.1) is 0 Å². The van der Waals surface area contributed by atoms with Crippen molar-refractivity contribution in [3.05, 3.63) is 59.3 Å². The average molecular weight is 472 g/mol. The third-order valence-electron chi connectivity index (χ3n) is 6.31. The van der Waals surface area contributed by atoms with Crippen molar-refractivity contribution in [2.75, 3.05) is 18.4 Å². The topological polar surface area (TPSA) is 108 Å². The Bertz CT molecular complexity index is 1240. The van der Waals surface area contributed by atoms with Gasteiger partial charge in [-0.3, -0.25) is 4.79 Å². The first-order valence-electron chi connectivity index (χ1n) is 12.1. The molecule has 2 unspecified atom stereocenters. The molecule has 8 heteroatoms. The van der Waals surface area contributed by atoms with E-state index in [1.807, 2.05) is 42.1 Å². The van der Waals surface area contributed by atoms with Crippen LogP contribution in [0.3, 0.4) is 0 Å². The number of anilines is 1. The predicted octanol–water partition coefficient (Wildman–Crippen LogP) is 5.18. The number of hydrogen-bond donors (Lipinski definition) is 3. The molecule has 1 aliphatic heterocycles. The van der Waals surface area contributed by atoms with E-state index in [0.29, 0.717) is 28.7 Å². The first kappa shape index (κ1) is 24.5. The maximum absolute atomic E-state index is 12.7. The molecular formula is C27H33N7O. The predicted molar refractivity (Wildman–Crippen MR) is 141 cm³/mol. The zero-order valence-corrected chi connectivity index (χ0v) is 20.8. The lowest BCUT2D eigenvalue weighted by Gasteiger charge is -2.12. The average Bonchev–Trinajstić information content (AvgIpc) is 3.50. The van der Waals surface area contributed by atoms with Crippen molar-refractivity contribution in [3.63, 3.8) is 0 Å². The molecule has 8 nitrogen and oxygen atoms in total. The Labute approximate surface area is 206 Å². The molecule has 0 saturated carbocycles. The highest BCUT2D eigenvalue weighted by molar-refractivity contribution is 6.07. The third kappa shape index (κ3) is 5.54. The molecule has 1 amide bonds. The number of benzene rings is 1. The number of nitrogens with one attached hydrogen (secondary N) is 3. The van der Waals surface area contributed by atoms with Crippen molar-refractivity contribution >= 4 is 29.5 Å². The normalized spacial score (nSPS) is 16.5. The van der Waals surface area contributed by atoms with Gasteiger partial charge in [-0.25, -0.2) is 14.7 Å². The van der Waals surface area contributed by atoms with E-state index < -0.39 is 0 Å². The molecule has 1 fully saturated rings. The van der Waals surface area contributed by atoms with Crippen LogP contribution in [-0.4, -0.2) is 45.7 Å². The standard InChI is InChI=1S/C27H33N7O/c1-5-17(2)15-31-26-24(19(4)28)25(33-34(26)22-11-12-29-16-22)20-6-8-21(9-7-20)27(35)32-23-14-18(3)10-13-30-23/h6-10,13-15,17,22,28-29H,5,11-12,16H2,1-4H3,(H,30,32,35). The number of hydrogen-bond acceptors (Lipinski definition) is 6. The van der Waals surface area contributed by atoms with Gasteiger partial charge in [-0.1, -0.05) is 26.0 Å². The van der Waals surface area contributed by atoms with Crippen molar-refractivity contribution in [2.45, 2.75) is 46.6 Å². The Balaban J connectivity index is 1.68. The number of aliphatic imine (C=N–C) groups is 1. The largest absolute Gasteiger partial charge is 0.315 e. The maximum Gasteiger partial charge on any atom is 0.256 e. The summed E-state index contributed by atoms with van der Waals surface area (Å²) in [7, 11) is 0. The second kappa shape index (κ2) is 10.7. The highest BCUT2D eigenvalue weighted by Crippen LogP contribution is 2.35. The molecule has 4 rings (SSSR count). The van der Waals surface area contributed by atoms with Crippen LogP contribution in [0.15, 0.2) is 47.6 Å². The van der Waals surface area contributed by atoms with Crippen LogP contribution in [0.4, 0.5) is 11.6 Å². The third-order valence-corrected chi connectivity index (χ3v) is 6.31. The Kier molecular flexibility index (Phi) is 7.51. The lowest BCUT2D eigenvalue weighted by Crippen LogP contribution is -2.14. The fraction of sp³-hybridized carbons (Fsp3) is 0.370. The number of carbonyl (C=O) groups is 1. The Morgan fingerprint density at radius 1 is 1.34 bits per heavy atom. The maximum atomic E-state index is 12.7. The summed E-state index contributed by atoms with van der Waals surface area (Å²) in [5.41, 5.74) is 4.27. The Morgan fingerprint density at radius 3 is 2.74 bits per heavy atom. The van der Waals surface area contributed by atoms with Crippen molar-refractivity contribution in [1.82, 2.24) is 20.1 Å². The number of pyridine rings is 1. The minimum Gasteiger partial charge on any atom is -0.315 e. The number of nitrogens with zero attached hydrogens (tertiary/aromatic N) is 4. The zero-order chi connectivity index (χ0) is 24.9. The fourth-order valence-corrected chi connectivity index (χ4v) is 4.08. The van der Waals surface area contributed by atoms with E-state index in [9.17, 15) is 4.79 Å². The monoisotopic (exact) mass is 471 g/mol. The Morgan fingerprint density at radius 2 is 2.11 bits per heavy atom. The summed E-state index contributed by atoms with van der Waals surface area (Å²) in [4.78, 5) is 21.8. The summed E-state index contributed by atoms with van der Waals surface area (Å²) in [6.07, 6.45) is 5.59. The summed E-state index contributed by atoms with van der Waals surface area (Å²) < 4.78 is 1.98. The summed E-state index contributed by atoms with van der Waals surface area (Å²) in [5, 5.41) is 19.7. The van der Waals surface area contributed by atoms with Crippen molar-refractivity contribution in [1.29, 1.82) is 5.41 Å². The first-order valence-corrected chi connectivity index (χ1v) is 12.1. The van der Waals surface area contributed by atoms with Crippen molar-refractivity contribution < 1.29 is 4.79 Å². The summed E-state index contributed by atoms with van der Waals surface area (Å²) in [5.74, 6) is 1.37. The van der Waals surface area contributed by atoms with Crippen LogP contribution < -0.4 is 10.6 Å². The Hall–Kier alpha value is -3.65. The minimum atomic E-state index is -0.223. The lowest BCUT2D eigenvalue weighted by molar-refractivity contribution is 0.102. The smallest absolute Gasteiger partial charge is 0.256 e. The van der Waals surface area contributed by atoms with Crippen molar-refractivity contribution in [3.8, 4) is 11.3 Å². The molecule has 1 aromatic carbocycles. The number of rotatable bonds is 8.